The highest BCUT2D eigenvalue weighted by molar-refractivity contribution is 6.37. The molecule has 0 bridgehead atoms. The van der Waals surface area contributed by atoms with Crippen LogP contribution in [0.25, 0.3) is 0 Å². The van der Waals surface area contributed by atoms with Crippen LogP contribution in [0, 0.1) is 15.5 Å². The van der Waals surface area contributed by atoms with Gasteiger partial charge in [-0.05, 0) is 6.54 Å². The lowest BCUT2D eigenvalue weighted by molar-refractivity contribution is -0.384. The lowest BCUT2D eigenvalue weighted by atomic mass is 9.64. The highest BCUT2D eigenvalue weighted by Crippen LogP contribution is 2.46. The summed E-state index contributed by atoms with van der Waals surface area (Å²) in [5, 5.41) is 14.5. The minimum atomic E-state index is -0.532. The van der Waals surface area contributed by atoms with E-state index in [-0.39, 0.29) is 27.3 Å². The molecule has 5 nitrogen and oxygen atoms in total. The quantitative estimate of drug-likeness (QED) is 0.652. The third-order valence-corrected chi connectivity index (χ3v) is 4.64. The number of nitrogens with one attached hydrogen (secondary N) is 1. The molecule has 0 saturated heterocycles. The second kappa shape index (κ2) is 5.99. The molecule has 0 spiro atoms. The fourth-order valence-corrected chi connectivity index (χ4v) is 3.15. The van der Waals surface area contributed by atoms with Crippen LogP contribution in [-0.2, 0) is 0 Å². The Morgan fingerprint density at radius 1 is 1.43 bits per heavy atom. The summed E-state index contributed by atoms with van der Waals surface area (Å²) in [6.45, 7) is 7.19. The van der Waals surface area contributed by atoms with Gasteiger partial charge in [-0.2, -0.15) is 0 Å². The topological polar surface area (TPSA) is 64.4 Å². The third kappa shape index (κ3) is 3.10. The molecule has 2 atom stereocenters. The Morgan fingerprint density at radius 3 is 2.43 bits per heavy atom. The number of hydrogen-bond acceptors (Lipinski definition) is 4. The van der Waals surface area contributed by atoms with Crippen molar-refractivity contribution in [3.8, 4) is 5.75 Å². The van der Waals surface area contributed by atoms with Gasteiger partial charge in [0.2, 0.25) is 0 Å². The van der Waals surface area contributed by atoms with Crippen LogP contribution in [0.4, 0.5) is 5.69 Å². The summed E-state index contributed by atoms with van der Waals surface area (Å²) < 4.78 is 5.91. The summed E-state index contributed by atoms with van der Waals surface area (Å²) in [4.78, 5) is 10.2. The van der Waals surface area contributed by atoms with Crippen molar-refractivity contribution in [3.05, 3.63) is 32.3 Å². The van der Waals surface area contributed by atoms with Gasteiger partial charge < -0.3 is 10.1 Å². The number of nitrogens with zero attached hydrogens (tertiary/aromatic N) is 1. The van der Waals surface area contributed by atoms with Crippen LogP contribution in [0.1, 0.15) is 27.2 Å². The Labute approximate surface area is 133 Å². The summed E-state index contributed by atoms with van der Waals surface area (Å²) in [5.74, 6) is 0.317. The van der Waals surface area contributed by atoms with Crippen molar-refractivity contribution >= 4 is 28.9 Å². The predicted octanol–water partition coefficient (Wildman–Crippen LogP) is 4.06. The van der Waals surface area contributed by atoms with Gasteiger partial charge in [-0.1, -0.05) is 44.0 Å². The molecule has 2 rings (SSSR count). The fourth-order valence-electron chi connectivity index (χ4n) is 2.58. The van der Waals surface area contributed by atoms with Gasteiger partial charge in [-0.15, -0.1) is 0 Å². The number of nitro groups is 1. The van der Waals surface area contributed by atoms with Crippen LogP contribution in [0.2, 0.25) is 10.0 Å². The number of benzene rings is 1. The molecule has 116 valence electrons. The highest BCUT2D eigenvalue weighted by atomic mass is 35.5. The van der Waals surface area contributed by atoms with E-state index in [1.54, 1.807) is 0 Å². The molecule has 1 N–H and O–H groups in total. The van der Waals surface area contributed by atoms with Crippen LogP contribution in [0.3, 0.4) is 0 Å². The standard InChI is InChI=1S/C14H18Cl2N2O3/c1-4-17-11-7-12(14(11,2)3)21-13-9(15)5-8(18(19)20)6-10(13)16/h5-6,11-12,17H,4,7H2,1-3H3. The molecular weight excluding hydrogens is 315 g/mol. The number of non-ortho nitro benzene ring substituents is 1. The molecule has 21 heavy (non-hydrogen) atoms. The number of ether oxygens (including phenoxy) is 1. The van der Waals surface area contributed by atoms with Gasteiger partial charge in [0, 0.05) is 30.0 Å². The Kier molecular flexibility index (Phi) is 4.66. The monoisotopic (exact) mass is 332 g/mol. The molecule has 1 aromatic rings. The minimum absolute atomic E-state index is 0.0296. The number of halogens is 2. The van der Waals surface area contributed by atoms with Gasteiger partial charge in [0.1, 0.15) is 6.10 Å². The first-order valence-corrected chi connectivity index (χ1v) is 7.56. The average Bonchev–Trinajstić information content (AvgIpc) is 2.40. The smallest absolute Gasteiger partial charge is 0.272 e. The van der Waals surface area contributed by atoms with Gasteiger partial charge in [0.05, 0.1) is 15.0 Å². The van der Waals surface area contributed by atoms with Crippen LogP contribution >= 0.6 is 23.2 Å². The summed E-state index contributed by atoms with van der Waals surface area (Å²) in [5.41, 5.74) is -0.194. The largest absolute Gasteiger partial charge is 0.487 e. The highest BCUT2D eigenvalue weighted by Gasteiger charge is 2.49. The average molecular weight is 333 g/mol. The van der Waals surface area contributed by atoms with E-state index in [0.717, 1.165) is 13.0 Å². The first kappa shape index (κ1) is 16.3. The van der Waals surface area contributed by atoms with Gasteiger partial charge >= 0.3 is 0 Å². The number of rotatable bonds is 5. The molecule has 1 aromatic carbocycles. The Hall–Kier alpha value is -1.04. The van der Waals surface area contributed by atoms with E-state index in [1.807, 2.05) is 0 Å². The molecule has 0 radical (unpaired) electrons. The van der Waals surface area contributed by atoms with E-state index in [2.05, 4.69) is 26.1 Å². The molecule has 0 aromatic heterocycles. The maximum atomic E-state index is 10.8. The van der Waals surface area contributed by atoms with E-state index in [9.17, 15) is 10.1 Å². The Bertz CT molecular complexity index is 540. The first-order chi connectivity index (χ1) is 9.77. The van der Waals surface area contributed by atoms with E-state index in [4.69, 9.17) is 27.9 Å². The molecule has 2 unspecified atom stereocenters. The first-order valence-electron chi connectivity index (χ1n) is 6.80. The van der Waals surface area contributed by atoms with Gasteiger partial charge in [-0.3, -0.25) is 10.1 Å². The molecule has 0 amide bonds. The van der Waals surface area contributed by atoms with Crippen molar-refractivity contribution in [2.45, 2.75) is 39.3 Å². The Morgan fingerprint density at radius 2 is 2.00 bits per heavy atom. The molecule has 1 aliphatic carbocycles. The van der Waals surface area contributed by atoms with Crippen LogP contribution < -0.4 is 10.1 Å². The number of nitro benzene ring substituents is 1. The van der Waals surface area contributed by atoms with Gasteiger partial charge in [0.15, 0.2) is 5.75 Å². The fraction of sp³-hybridized carbons (Fsp3) is 0.571. The maximum absolute atomic E-state index is 10.8. The van der Waals surface area contributed by atoms with Crippen LogP contribution in [-0.4, -0.2) is 23.6 Å². The molecule has 0 aliphatic heterocycles. The summed E-state index contributed by atoms with van der Waals surface area (Å²) in [7, 11) is 0. The molecule has 1 aliphatic rings. The summed E-state index contributed by atoms with van der Waals surface area (Å²) in [6, 6.07) is 2.90. The zero-order chi connectivity index (χ0) is 15.8. The summed E-state index contributed by atoms with van der Waals surface area (Å²) >= 11 is 12.1. The third-order valence-electron chi connectivity index (χ3n) is 4.08. The van der Waals surface area contributed by atoms with Crippen molar-refractivity contribution in [2.24, 2.45) is 5.41 Å². The van der Waals surface area contributed by atoms with E-state index < -0.39 is 4.92 Å². The van der Waals surface area contributed by atoms with E-state index in [0.29, 0.717) is 11.8 Å². The Balaban J connectivity index is 2.16. The molecule has 1 fully saturated rings. The van der Waals surface area contributed by atoms with Crippen molar-refractivity contribution in [3.63, 3.8) is 0 Å². The van der Waals surface area contributed by atoms with Crippen LogP contribution in [0.5, 0.6) is 5.75 Å². The van der Waals surface area contributed by atoms with Crippen molar-refractivity contribution in [2.75, 3.05) is 6.54 Å². The number of hydrogen-bond donors (Lipinski definition) is 1. The van der Waals surface area contributed by atoms with Crippen molar-refractivity contribution in [1.82, 2.24) is 5.32 Å². The second-order valence-electron chi connectivity index (χ2n) is 5.77. The predicted molar refractivity (Wildman–Crippen MR) is 83.4 cm³/mol. The zero-order valence-electron chi connectivity index (χ0n) is 12.2. The van der Waals surface area contributed by atoms with E-state index in [1.165, 1.54) is 12.1 Å². The van der Waals surface area contributed by atoms with Crippen molar-refractivity contribution < 1.29 is 9.66 Å². The van der Waals surface area contributed by atoms with Gasteiger partial charge in [-0.25, -0.2) is 0 Å². The van der Waals surface area contributed by atoms with E-state index >= 15 is 0 Å². The lowest BCUT2D eigenvalue weighted by Crippen LogP contribution is -2.62. The maximum Gasteiger partial charge on any atom is 0.272 e. The SMILES string of the molecule is CCNC1CC(Oc2c(Cl)cc([N+](=O)[O-])cc2Cl)C1(C)C. The molecule has 1 saturated carbocycles. The molecule has 7 heteroatoms. The minimum Gasteiger partial charge on any atom is -0.487 e. The second-order valence-corrected chi connectivity index (χ2v) is 6.58. The van der Waals surface area contributed by atoms with Crippen LogP contribution in [0.15, 0.2) is 12.1 Å². The molecule has 0 heterocycles. The zero-order valence-corrected chi connectivity index (χ0v) is 13.7. The van der Waals surface area contributed by atoms with Gasteiger partial charge in [0.25, 0.3) is 5.69 Å². The molecular formula is C14H18Cl2N2O3. The lowest BCUT2D eigenvalue weighted by Gasteiger charge is -2.51. The van der Waals surface area contributed by atoms with Crippen molar-refractivity contribution in [1.29, 1.82) is 0 Å². The summed E-state index contributed by atoms with van der Waals surface area (Å²) in [6.07, 6.45) is 0.822. The normalized spacial score (nSPS) is 23.5.